The molecular formula is C24H35N4O3+. The third-order valence-electron chi connectivity index (χ3n) is 5.83. The number of aromatic nitrogens is 1. The number of piperidine rings is 1. The standard InChI is InChI=1S/C24H34N4O3/c1-3-4-8-20-9-11-21(12-10-20)24(30)28(16-15-27-13-6-5-7-14-27)18-23(29)25-22-17-19(2)31-26-22/h9-12,17H,3-8,13-16,18H2,1-2H3,(H,25,26,29)/p+1. The van der Waals surface area contributed by atoms with E-state index in [1.54, 1.807) is 17.9 Å². The van der Waals surface area contributed by atoms with Gasteiger partial charge in [0.1, 0.15) is 12.3 Å². The number of unbranched alkanes of at least 4 members (excludes halogenated alkanes) is 1. The number of nitrogens with zero attached hydrogens (tertiary/aromatic N) is 2. The van der Waals surface area contributed by atoms with Crippen LogP contribution in [0.1, 0.15) is 60.7 Å². The summed E-state index contributed by atoms with van der Waals surface area (Å²) in [5.74, 6) is 0.622. The first-order valence-corrected chi connectivity index (χ1v) is 11.5. The SMILES string of the molecule is CCCCc1ccc(C(=O)N(CC[NH+]2CCCCC2)CC(=O)Nc2cc(C)on2)cc1. The van der Waals surface area contributed by atoms with Gasteiger partial charge in [-0.2, -0.15) is 0 Å². The van der Waals surface area contributed by atoms with E-state index in [1.807, 2.05) is 24.3 Å². The molecule has 2 N–H and O–H groups in total. The highest BCUT2D eigenvalue weighted by atomic mass is 16.5. The lowest BCUT2D eigenvalue weighted by Gasteiger charge is -2.27. The molecule has 0 bridgehead atoms. The summed E-state index contributed by atoms with van der Waals surface area (Å²) in [5, 5.41) is 6.53. The molecule has 0 radical (unpaired) electrons. The van der Waals surface area contributed by atoms with Crippen molar-refractivity contribution in [1.82, 2.24) is 10.1 Å². The third-order valence-corrected chi connectivity index (χ3v) is 5.83. The van der Waals surface area contributed by atoms with Crippen LogP contribution >= 0.6 is 0 Å². The van der Waals surface area contributed by atoms with E-state index in [2.05, 4.69) is 17.4 Å². The summed E-state index contributed by atoms with van der Waals surface area (Å²) < 4.78 is 5.00. The van der Waals surface area contributed by atoms with Crippen molar-refractivity contribution in [3.8, 4) is 0 Å². The predicted molar refractivity (Wildman–Crippen MR) is 120 cm³/mol. The van der Waals surface area contributed by atoms with Crippen LogP contribution < -0.4 is 10.2 Å². The average molecular weight is 428 g/mol. The number of quaternary nitrogens is 1. The van der Waals surface area contributed by atoms with Crippen LogP contribution in [-0.4, -0.2) is 54.6 Å². The van der Waals surface area contributed by atoms with Crippen molar-refractivity contribution in [2.45, 2.75) is 52.4 Å². The van der Waals surface area contributed by atoms with Crippen molar-refractivity contribution in [3.05, 3.63) is 47.2 Å². The molecule has 0 unspecified atom stereocenters. The second kappa shape index (κ2) is 11.6. The molecular weight excluding hydrogens is 392 g/mol. The van der Waals surface area contributed by atoms with Crippen LogP contribution in [0.15, 0.2) is 34.9 Å². The number of rotatable bonds is 10. The summed E-state index contributed by atoms with van der Waals surface area (Å²) in [6, 6.07) is 9.47. The van der Waals surface area contributed by atoms with Crippen LogP contribution in [0.25, 0.3) is 0 Å². The van der Waals surface area contributed by atoms with Gasteiger partial charge in [0.15, 0.2) is 5.82 Å². The van der Waals surface area contributed by atoms with Crippen molar-refractivity contribution >= 4 is 17.6 Å². The number of benzene rings is 1. The van der Waals surface area contributed by atoms with E-state index < -0.39 is 0 Å². The fourth-order valence-corrected chi connectivity index (χ4v) is 4.01. The maximum Gasteiger partial charge on any atom is 0.254 e. The molecule has 1 saturated heterocycles. The van der Waals surface area contributed by atoms with Crippen molar-refractivity contribution in [1.29, 1.82) is 0 Å². The highest BCUT2D eigenvalue weighted by molar-refractivity contribution is 5.99. The molecule has 0 atom stereocenters. The summed E-state index contributed by atoms with van der Waals surface area (Å²) in [5.41, 5.74) is 1.86. The summed E-state index contributed by atoms with van der Waals surface area (Å²) in [6.45, 7) is 7.62. The predicted octanol–water partition coefficient (Wildman–Crippen LogP) is 2.48. The van der Waals surface area contributed by atoms with Gasteiger partial charge in [0.05, 0.1) is 26.2 Å². The van der Waals surface area contributed by atoms with Crippen molar-refractivity contribution in [3.63, 3.8) is 0 Å². The quantitative estimate of drug-likeness (QED) is 0.611. The number of aryl methyl sites for hydroxylation is 2. The second-order valence-electron chi connectivity index (χ2n) is 8.46. The summed E-state index contributed by atoms with van der Waals surface area (Å²) in [6.07, 6.45) is 7.05. The van der Waals surface area contributed by atoms with Gasteiger partial charge in [-0.1, -0.05) is 30.6 Å². The van der Waals surface area contributed by atoms with Crippen LogP contribution in [0.5, 0.6) is 0 Å². The van der Waals surface area contributed by atoms with Gasteiger partial charge >= 0.3 is 0 Å². The lowest BCUT2D eigenvalue weighted by Crippen LogP contribution is -3.13. The van der Waals surface area contributed by atoms with Gasteiger partial charge in [-0.3, -0.25) is 9.59 Å². The van der Waals surface area contributed by atoms with Gasteiger partial charge in [0, 0.05) is 11.6 Å². The summed E-state index contributed by atoms with van der Waals surface area (Å²) in [4.78, 5) is 29.0. The Balaban J connectivity index is 1.65. The largest absolute Gasteiger partial charge is 0.360 e. The molecule has 2 heterocycles. The van der Waals surface area contributed by atoms with Crippen LogP contribution in [0.4, 0.5) is 5.82 Å². The summed E-state index contributed by atoms with van der Waals surface area (Å²) >= 11 is 0. The van der Waals surface area contributed by atoms with Crippen LogP contribution in [0.2, 0.25) is 0 Å². The third kappa shape index (κ3) is 7.21. The maximum atomic E-state index is 13.2. The molecule has 1 aliphatic heterocycles. The maximum absolute atomic E-state index is 13.2. The number of hydrogen-bond acceptors (Lipinski definition) is 4. The molecule has 0 spiro atoms. The molecule has 7 nitrogen and oxygen atoms in total. The number of hydrogen-bond donors (Lipinski definition) is 2. The second-order valence-corrected chi connectivity index (χ2v) is 8.46. The van der Waals surface area contributed by atoms with E-state index in [-0.39, 0.29) is 18.4 Å². The number of carbonyl (C=O) groups is 2. The fourth-order valence-electron chi connectivity index (χ4n) is 4.01. The zero-order valence-corrected chi connectivity index (χ0v) is 18.8. The van der Waals surface area contributed by atoms with E-state index in [4.69, 9.17) is 4.52 Å². The van der Waals surface area contributed by atoms with E-state index in [1.165, 1.54) is 29.7 Å². The smallest absolute Gasteiger partial charge is 0.254 e. The van der Waals surface area contributed by atoms with Gasteiger partial charge in [-0.25, -0.2) is 0 Å². The normalized spacial score (nSPS) is 14.4. The zero-order valence-electron chi connectivity index (χ0n) is 18.8. The van der Waals surface area contributed by atoms with E-state index in [0.717, 1.165) is 38.9 Å². The fraction of sp³-hybridized carbons (Fsp3) is 0.542. The highest BCUT2D eigenvalue weighted by Crippen LogP contribution is 2.11. The van der Waals surface area contributed by atoms with E-state index in [0.29, 0.717) is 23.7 Å². The Hall–Kier alpha value is -2.67. The molecule has 0 aliphatic carbocycles. The first-order chi connectivity index (χ1) is 15.0. The lowest BCUT2D eigenvalue weighted by molar-refractivity contribution is -0.904. The molecule has 2 aromatic rings. The molecule has 2 amide bonds. The average Bonchev–Trinajstić information content (AvgIpc) is 3.20. The van der Waals surface area contributed by atoms with Gasteiger partial charge in [0.25, 0.3) is 5.91 Å². The molecule has 1 fully saturated rings. The monoisotopic (exact) mass is 427 g/mol. The molecule has 1 aromatic heterocycles. The van der Waals surface area contributed by atoms with Crippen molar-refractivity contribution < 1.29 is 19.0 Å². The Labute approximate surface area is 184 Å². The number of nitrogens with one attached hydrogen (secondary N) is 2. The Morgan fingerprint density at radius 3 is 2.55 bits per heavy atom. The zero-order chi connectivity index (χ0) is 22.1. The van der Waals surface area contributed by atoms with Crippen LogP contribution in [0, 0.1) is 6.92 Å². The Kier molecular flexibility index (Phi) is 8.64. The van der Waals surface area contributed by atoms with Gasteiger partial charge in [0.2, 0.25) is 5.91 Å². The summed E-state index contributed by atoms with van der Waals surface area (Å²) in [7, 11) is 0. The van der Waals surface area contributed by atoms with E-state index >= 15 is 0 Å². The molecule has 31 heavy (non-hydrogen) atoms. The number of amides is 2. The molecule has 1 aromatic carbocycles. The molecule has 3 rings (SSSR count). The van der Waals surface area contributed by atoms with Crippen LogP contribution in [0.3, 0.4) is 0 Å². The number of carbonyl (C=O) groups excluding carboxylic acids is 2. The van der Waals surface area contributed by atoms with E-state index in [9.17, 15) is 9.59 Å². The Morgan fingerprint density at radius 2 is 1.90 bits per heavy atom. The minimum atomic E-state index is -0.269. The molecule has 7 heteroatoms. The molecule has 168 valence electrons. The highest BCUT2D eigenvalue weighted by Gasteiger charge is 2.22. The van der Waals surface area contributed by atoms with Crippen molar-refractivity contribution in [2.24, 2.45) is 0 Å². The topological polar surface area (TPSA) is 79.9 Å². The Morgan fingerprint density at radius 1 is 1.16 bits per heavy atom. The van der Waals surface area contributed by atoms with Gasteiger partial charge in [-0.05, 0) is 56.7 Å². The first-order valence-electron chi connectivity index (χ1n) is 11.5. The Bertz CT molecular complexity index is 841. The number of likely N-dealkylation sites (tertiary alicyclic amines) is 1. The van der Waals surface area contributed by atoms with Crippen LogP contribution in [-0.2, 0) is 11.2 Å². The number of anilines is 1. The van der Waals surface area contributed by atoms with Gasteiger partial charge in [-0.15, -0.1) is 0 Å². The minimum absolute atomic E-state index is 0.00436. The molecule has 1 aliphatic rings. The van der Waals surface area contributed by atoms with Gasteiger partial charge < -0.3 is 19.6 Å². The minimum Gasteiger partial charge on any atom is -0.360 e. The molecule has 0 saturated carbocycles. The lowest BCUT2D eigenvalue weighted by atomic mass is 10.1. The van der Waals surface area contributed by atoms with Crippen molar-refractivity contribution in [2.75, 3.05) is 38.0 Å². The first kappa shape index (κ1) is 23.0.